The van der Waals surface area contributed by atoms with Crippen molar-refractivity contribution in [3.05, 3.63) is 24.3 Å². The maximum Gasteiger partial charge on any atom is 0.0368 e. The van der Waals surface area contributed by atoms with Gasteiger partial charge in [0.15, 0.2) is 0 Å². The van der Waals surface area contributed by atoms with Gasteiger partial charge in [0.1, 0.15) is 0 Å². The minimum atomic E-state index is 0.662. The Kier molecular flexibility index (Phi) is 5.29. The largest absolute Gasteiger partial charge is 0.399 e. The van der Waals surface area contributed by atoms with Gasteiger partial charge >= 0.3 is 0 Å². The molecule has 0 aliphatic heterocycles. The molecule has 17 heavy (non-hydrogen) atoms. The van der Waals surface area contributed by atoms with Crippen LogP contribution in [0, 0.1) is 5.92 Å². The van der Waals surface area contributed by atoms with Crippen molar-refractivity contribution in [2.75, 3.05) is 44.4 Å². The zero-order valence-corrected chi connectivity index (χ0v) is 11.5. The molecule has 0 unspecified atom stereocenters. The summed E-state index contributed by atoms with van der Waals surface area (Å²) in [6.07, 6.45) is 0. The molecule has 0 aromatic heterocycles. The van der Waals surface area contributed by atoms with E-state index in [1.165, 1.54) is 5.69 Å². The fourth-order valence-electron chi connectivity index (χ4n) is 1.77. The lowest BCUT2D eigenvalue weighted by atomic mass is 10.2. The first-order valence-corrected chi connectivity index (χ1v) is 6.24. The lowest BCUT2D eigenvalue weighted by molar-refractivity contribution is 0.409. The molecule has 0 aliphatic rings. The van der Waals surface area contributed by atoms with E-state index in [2.05, 4.69) is 49.9 Å². The van der Waals surface area contributed by atoms with Gasteiger partial charge in [-0.1, -0.05) is 13.8 Å². The van der Waals surface area contributed by atoms with Crippen LogP contribution in [0.3, 0.4) is 0 Å². The van der Waals surface area contributed by atoms with E-state index in [1.807, 2.05) is 12.1 Å². The molecule has 0 amide bonds. The number of hydrogen-bond acceptors (Lipinski definition) is 3. The average Bonchev–Trinajstić information content (AvgIpc) is 2.25. The molecule has 0 heterocycles. The molecule has 1 aromatic carbocycles. The molecule has 1 aromatic rings. The fraction of sp³-hybridized carbons (Fsp3) is 0.571. The molecule has 0 radical (unpaired) electrons. The Morgan fingerprint density at radius 2 is 1.65 bits per heavy atom. The predicted molar refractivity (Wildman–Crippen MR) is 76.5 cm³/mol. The second-order valence-electron chi connectivity index (χ2n) is 5.23. The van der Waals surface area contributed by atoms with Gasteiger partial charge < -0.3 is 15.5 Å². The normalized spacial score (nSPS) is 11.2. The quantitative estimate of drug-likeness (QED) is 0.768. The number of nitrogen functional groups attached to an aromatic ring is 1. The van der Waals surface area contributed by atoms with Crippen molar-refractivity contribution < 1.29 is 0 Å². The number of hydrogen-bond donors (Lipinski definition) is 1. The van der Waals surface area contributed by atoms with E-state index in [0.29, 0.717) is 5.92 Å². The van der Waals surface area contributed by atoms with Crippen LogP contribution < -0.4 is 10.6 Å². The minimum Gasteiger partial charge on any atom is -0.399 e. The Balaban J connectivity index is 2.70. The second kappa shape index (κ2) is 6.50. The third kappa shape index (κ3) is 5.09. The Morgan fingerprint density at radius 1 is 1.06 bits per heavy atom. The van der Waals surface area contributed by atoms with E-state index >= 15 is 0 Å². The minimum absolute atomic E-state index is 0.662. The predicted octanol–water partition coefficient (Wildman–Crippen LogP) is 2.29. The van der Waals surface area contributed by atoms with Crippen LogP contribution in [0.4, 0.5) is 11.4 Å². The Morgan fingerprint density at radius 3 is 2.12 bits per heavy atom. The Labute approximate surface area is 105 Å². The van der Waals surface area contributed by atoms with E-state index < -0.39 is 0 Å². The molecular weight excluding hydrogens is 210 g/mol. The van der Waals surface area contributed by atoms with Crippen molar-refractivity contribution in [1.29, 1.82) is 0 Å². The van der Waals surface area contributed by atoms with Crippen molar-refractivity contribution in [2.45, 2.75) is 13.8 Å². The summed E-state index contributed by atoms with van der Waals surface area (Å²) in [7, 11) is 4.22. The van der Waals surface area contributed by atoms with Gasteiger partial charge in [0.25, 0.3) is 0 Å². The lowest BCUT2D eigenvalue weighted by Crippen LogP contribution is -2.34. The zero-order chi connectivity index (χ0) is 12.8. The number of nitrogens with two attached hydrogens (primary N) is 1. The molecule has 3 heteroatoms. The number of anilines is 2. The summed E-state index contributed by atoms with van der Waals surface area (Å²) in [6, 6.07) is 8.15. The number of nitrogens with zero attached hydrogens (tertiary/aromatic N) is 2. The molecule has 0 aliphatic carbocycles. The van der Waals surface area contributed by atoms with Gasteiger partial charge in [-0.25, -0.2) is 0 Å². The van der Waals surface area contributed by atoms with E-state index in [9.17, 15) is 0 Å². The van der Waals surface area contributed by atoms with Crippen LogP contribution in [0.1, 0.15) is 13.8 Å². The van der Waals surface area contributed by atoms with E-state index in [-0.39, 0.29) is 0 Å². The molecule has 2 N–H and O–H groups in total. The summed E-state index contributed by atoms with van der Waals surface area (Å²) in [4.78, 5) is 4.63. The third-order valence-electron chi connectivity index (χ3n) is 2.66. The third-order valence-corrected chi connectivity index (χ3v) is 2.66. The summed E-state index contributed by atoms with van der Waals surface area (Å²) in [5.41, 5.74) is 7.81. The first-order chi connectivity index (χ1) is 7.99. The molecule has 0 saturated heterocycles. The monoisotopic (exact) mass is 235 g/mol. The van der Waals surface area contributed by atoms with Crippen molar-refractivity contribution in [2.24, 2.45) is 5.92 Å². The summed E-state index contributed by atoms with van der Waals surface area (Å²) < 4.78 is 0. The topological polar surface area (TPSA) is 32.5 Å². The smallest absolute Gasteiger partial charge is 0.0368 e. The first-order valence-electron chi connectivity index (χ1n) is 6.24. The first kappa shape index (κ1) is 13.8. The van der Waals surface area contributed by atoms with Crippen molar-refractivity contribution in [3.8, 4) is 0 Å². The van der Waals surface area contributed by atoms with E-state index in [4.69, 9.17) is 5.73 Å². The molecular formula is C14H25N3. The summed E-state index contributed by atoms with van der Waals surface area (Å²) in [5.74, 6) is 0.662. The highest BCUT2D eigenvalue weighted by Crippen LogP contribution is 2.17. The summed E-state index contributed by atoms with van der Waals surface area (Å²) in [6.45, 7) is 7.70. The van der Waals surface area contributed by atoms with Crippen molar-refractivity contribution in [3.63, 3.8) is 0 Å². The standard InChI is InChI=1S/C14H25N3/c1-12(2)11-17(10-9-16(3)4)14-7-5-13(15)6-8-14/h5-8,12H,9-11,15H2,1-4H3. The Bertz CT molecular complexity index is 317. The van der Waals surface area contributed by atoms with E-state index in [0.717, 1.165) is 25.3 Å². The average molecular weight is 235 g/mol. The van der Waals surface area contributed by atoms with E-state index in [1.54, 1.807) is 0 Å². The molecule has 96 valence electrons. The molecule has 1 rings (SSSR count). The van der Waals surface area contributed by atoms with Gasteiger partial charge in [-0.3, -0.25) is 0 Å². The summed E-state index contributed by atoms with van der Waals surface area (Å²) in [5, 5.41) is 0. The molecule has 3 nitrogen and oxygen atoms in total. The highest BCUT2D eigenvalue weighted by Gasteiger charge is 2.08. The maximum atomic E-state index is 5.72. The second-order valence-corrected chi connectivity index (χ2v) is 5.23. The SMILES string of the molecule is CC(C)CN(CCN(C)C)c1ccc(N)cc1. The highest BCUT2D eigenvalue weighted by atomic mass is 15.2. The van der Waals surface area contributed by atoms with Gasteiger partial charge in [-0.15, -0.1) is 0 Å². The molecule has 0 saturated carbocycles. The fourth-order valence-corrected chi connectivity index (χ4v) is 1.77. The molecule has 0 spiro atoms. The summed E-state index contributed by atoms with van der Waals surface area (Å²) >= 11 is 0. The van der Waals surface area contributed by atoms with Crippen LogP contribution in [0.2, 0.25) is 0 Å². The lowest BCUT2D eigenvalue weighted by Gasteiger charge is -2.28. The van der Waals surface area contributed by atoms with Crippen LogP contribution >= 0.6 is 0 Å². The zero-order valence-electron chi connectivity index (χ0n) is 11.5. The van der Waals surface area contributed by atoms with Gasteiger partial charge in [0.2, 0.25) is 0 Å². The van der Waals surface area contributed by atoms with Crippen molar-refractivity contribution in [1.82, 2.24) is 4.90 Å². The molecule has 0 fully saturated rings. The number of likely N-dealkylation sites (N-methyl/N-ethyl adjacent to an activating group) is 1. The molecule has 0 bridgehead atoms. The maximum absolute atomic E-state index is 5.72. The van der Waals surface area contributed by atoms with Crippen LogP contribution in [-0.4, -0.2) is 38.6 Å². The van der Waals surface area contributed by atoms with Crippen LogP contribution in [0.25, 0.3) is 0 Å². The number of rotatable bonds is 6. The van der Waals surface area contributed by atoms with Crippen LogP contribution in [-0.2, 0) is 0 Å². The Hall–Kier alpha value is -1.22. The van der Waals surface area contributed by atoms with Gasteiger partial charge in [0, 0.05) is 31.0 Å². The van der Waals surface area contributed by atoms with Gasteiger partial charge in [-0.05, 0) is 44.3 Å². The number of benzene rings is 1. The van der Waals surface area contributed by atoms with Crippen LogP contribution in [0.5, 0.6) is 0 Å². The molecule has 0 atom stereocenters. The van der Waals surface area contributed by atoms with Crippen molar-refractivity contribution >= 4 is 11.4 Å². The highest BCUT2D eigenvalue weighted by molar-refractivity contribution is 5.53. The van der Waals surface area contributed by atoms with Gasteiger partial charge in [0.05, 0.1) is 0 Å². The van der Waals surface area contributed by atoms with Crippen LogP contribution in [0.15, 0.2) is 24.3 Å². The van der Waals surface area contributed by atoms with Gasteiger partial charge in [-0.2, -0.15) is 0 Å².